The first-order chi connectivity index (χ1) is 16.2. The van der Waals surface area contributed by atoms with Crippen molar-refractivity contribution in [1.82, 2.24) is 10.3 Å². The number of halogens is 1. The molecular formula is C24H28ClN3O5S. The normalized spacial score (nSPS) is 19.1. The van der Waals surface area contributed by atoms with Gasteiger partial charge in [-0.05, 0) is 74.3 Å². The minimum atomic E-state index is -3.21. The number of hydrogen-bond donors (Lipinski definition) is 1. The van der Waals surface area contributed by atoms with Crippen LogP contribution in [-0.4, -0.2) is 44.7 Å². The molecule has 0 unspecified atom stereocenters. The number of hydrogen-bond acceptors (Lipinski definition) is 7. The number of oxazole rings is 1. The molecule has 2 fully saturated rings. The van der Waals surface area contributed by atoms with Gasteiger partial charge in [0, 0.05) is 30.4 Å². The highest BCUT2D eigenvalue weighted by Gasteiger charge is 2.39. The van der Waals surface area contributed by atoms with Gasteiger partial charge in [-0.3, -0.25) is 4.79 Å². The molecule has 1 spiro atoms. The highest BCUT2D eigenvalue weighted by Crippen LogP contribution is 2.45. The third-order valence-corrected chi connectivity index (χ3v) is 8.15. The van der Waals surface area contributed by atoms with Crippen molar-refractivity contribution in [1.29, 1.82) is 0 Å². The van der Waals surface area contributed by atoms with Gasteiger partial charge in [0.15, 0.2) is 21.2 Å². The maximum absolute atomic E-state index is 12.6. The van der Waals surface area contributed by atoms with Crippen molar-refractivity contribution in [2.75, 3.05) is 24.2 Å². The minimum absolute atomic E-state index is 0.0985. The topological polar surface area (TPSA) is 106 Å². The van der Waals surface area contributed by atoms with Crippen LogP contribution < -0.4 is 10.2 Å². The molecule has 1 N–H and O–H groups in total. The Hall–Kier alpha value is -2.52. The van der Waals surface area contributed by atoms with E-state index in [1.165, 1.54) is 6.07 Å². The molecule has 1 aromatic carbocycles. The van der Waals surface area contributed by atoms with Gasteiger partial charge in [-0.25, -0.2) is 8.42 Å². The number of nitrogens with zero attached hydrogens (tertiary/aromatic N) is 2. The number of fused-ring (bicyclic) bond motifs is 1. The number of nitrogens with one attached hydrogen (secondary N) is 1. The summed E-state index contributed by atoms with van der Waals surface area (Å²) in [7, 11) is -3.21. The largest absolute Gasteiger partial charge is 0.455 e. The zero-order chi connectivity index (χ0) is 23.9. The van der Waals surface area contributed by atoms with Gasteiger partial charge in [-0.2, -0.15) is 4.98 Å². The van der Waals surface area contributed by atoms with Crippen LogP contribution in [0.4, 0.5) is 6.01 Å². The summed E-state index contributed by atoms with van der Waals surface area (Å²) in [5.74, 6) is -0.0527. The molecule has 1 saturated heterocycles. The Morgan fingerprint density at radius 1 is 1.15 bits per heavy atom. The van der Waals surface area contributed by atoms with E-state index in [1.54, 1.807) is 6.07 Å². The van der Waals surface area contributed by atoms with Crippen molar-refractivity contribution in [3.05, 3.63) is 46.9 Å². The first-order valence-electron chi connectivity index (χ1n) is 11.6. The summed E-state index contributed by atoms with van der Waals surface area (Å²) < 4.78 is 34.2. The maximum Gasteiger partial charge on any atom is 0.298 e. The Balaban J connectivity index is 1.13. The van der Waals surface area contributed by atoms with Crippen LogP contribution in [0.25, 0.3) is 11.1 Å². The fourth-order valence-electron chi connectivity index (χ4n) is 5.16. The second-order valence-corrected chi connectivity index (χ2v) is 12.3. The van der Waals surface area contributed by atoms with Gasteiger partial charge in [-0.1, -0.05) is 11.6 Å². The standard InChI is InChI=1S/C24H28ClN3O5S/c1-34(30,31)15-18-3-5-21(32-18)22(29)26-17-6-8-24(9-7-17)10-12-28(13-11-24)23-27-19-14-16(25)2-4-20(19)33-23/h2-5,14,17H,6-13,15H2,1H3,(H,26,29). The SMILES string of the molecule is CS(=O)(=O)Cc1ccc(C(=O)NC2CCC3(CC2)CCN(c2nc4cc(Cl)ccc4o2)CC3)o1. The van der Waals surface area contributed by atoms with Crippen molar-refractivity contribution >= 4 is 44.5 Å². The molecule has 34 heavy (non-hydrogen) atoms. The second-order valence-electron chi connectivity index (χ2n) is 9.68. The van der Waals surface area contributed by atoms with E-state index in [-0.39, 0.29) is 29.2 Å². The van der Waals surface area contributed by atoms with E-state index in [4.69, 9.17) is 20.4 Å². The average molecular weight is 506 g/mol. The predicted molar refractivity (Wildman–Crippen MR) is 130 cm³/mol. The van der Waals surface area contributed by atoms with Crippen LogP contribution in [0, 0.1) is 5.41 Å². The van der Waals surface area contributed by atoms with Crippen molar-refractivity contribution in [2.45, 2.75) is 50.3 Å². The zero-order valence-electron chi connectivity index (χ0n) is 19.0. The van der Waals surface area contributed by atoms with E-state index in [0.717, 1.165) is 69.0 Å². The van der Waals surface area contributed by atoms with Gasteiger partial charge in [0.25, 0.3) is 11.9 Å². The third kappa shape index (κ3) is 5.10. The Morgan fingerprint density at radius 3 is 2.59 bits per heavy atom. The van der Waals surface area contributed by atoms with Crippen molar-refractivity contribution < 1.29 is 22.0 Å². The van der Waals surface area contributed by atoms with Crippen LogP contribution in [0.2, 0.25) is 5.02 Å². The Labute approximate surface area is 203 Å². The molecule has 3 heterocycles. The second kappa shape index (κ2) is 8.92. The number of furan rings is 1. The highest BCUT2D eigenvalue weighted by atomic mass is 35.5. The minimum Gasteiger partial charge on any atom is -0.455 e. The Bertz CT molecular complexity index is 1300. The van der Waals surface area contributed by atoms with E-state index in [2.05, 4.69) is 15.2 Å². The lowest BCUT2D eigenvalue weighted by molar-refractivity contribution is 0.0838. The first-order valence-corrected chi connectivity index (χ1v) is 14.0. The van der Waals surface area contributed by atoms with Crippen LogP contribution in [-0.2, 0) is 15.6 Å². The number of rotatable bonds is 5. The quantitative estimate of drug-likeness (QED) is 0.541. The molecule has 8 nitrogen and oxygen atoms in total. The molecule has 1 aliphatic carbocycles. The lowest BCUT2D eigenvalue weighted by Gasteiger charge is -2.45. The molecule has 1 aliphatic heterocycles. The summed E-state index contributed by atoms with van der Waals surface area (Å²) in [5, 5.41) is 3.71. The molecule has 2 aromatic heterocycles. The predicted octanol–water partition coefficient (Wildman–Crippen LogP) is 4.58. The monoisotopic (exact) mass is 505 g/mol. The van der Waals surface area contributed by atoms with E-state index in [9.17, 15) is 13.2 Å². The number of carbonyl (C=O) groups is 1. The summed E-state index contributed by atoms with van der Waals surface area (Å²) in [6, 6.07) is 9.32. The van der Waals surface area contributed by atoms with E-state index in [1.807, 2.05) is 18.2 Å². The van der Waals surface area contributed by atoms with Crippen molar-refractivity contribution in [3.63, 3.8) is 0 Å². The van der Waals surface area contributed by atoms with Gasteiger partial charge < -0.3 is 19.1 Å². The van der Waals surface area contributed by atoms with E-state index in [0.29, 0.717) is 16.5 Å². The molecule has 3 aromatic rings. The fraction of sp³-hybridized carbons (Fsp3) is 0.500. The van der Waals surface area contributed by atoms with Crippen LogP contribution in [0.5, 0.6) is 0 Å². The number of amides is 1. The summed E-state index contributed by atoms with van der Waals surface area (Å²) in [5.41, 5.74) is 1.82. The van der Waals surface area contributed by atoms with Crippen molar-refractivity contribution in [2.24, 2.45) is 5.41 Å². The van der Waals surface area contributed by atoms with Crippen LogP contribution in [0.15, 0.2) is 39.2 Å². The lowest BCUT2D eigenvalue weighted by Crippen LogP contribution is -2.45. The van der Waals surface area contributed by atoms with Gasteiger partial charge in [0.1, 0.15) is 17.0 Å². The summed E-state index contributed by atoms with van der Waals surface area (Å²) in [4.78, 5) is 19.4. The molecule has 0 atom stereocenters. The molecule has 5 rings (SSSR count). The Kier molecular flexibility index (Phi) is 6.10. The number of sulfone groups is 1. The van der Waals surface area contributed by atoms with E-state index < -0.39 is 9.84 Å². The molecule has 0 radical (unpaired) electrons. The molecule has 2 aliphatic rings. The first kappa shape index (κ1) is 23.2. The Morgan fingerprint density at radius 2 is 1.88 bits per heavy atom. The average Bonchev–Trinajstić information content (AvgIpc) is 3.41. The van der Waals surface area contributed by atoms with Crippen LogP contribution in [0.3, 0.4) is 0 Å². The smallest absolute Gasteiger partial charge is 0.298 e. The highest BCUT2D eigenvalue weighted by molar-refractivity contribution is 7.89. The number of anilines is 1. The fourth-order valence-corrected chi connectivity index (χ4v) is 6.00. The molecule has 182 valence electrons. The number of aromatic nitrogens is 1. The van der Waals surface area contributed by atoms with Crippen molar-refractivity contribution in [3.8, 4) is 0 Å². The summed E-state index contributed by atoms with van der Waals surface area (Å²) in [6.45, 7) is 1.79. The number of benzene rings is 1. The van der Waals surface area contributed by atoms with Gasteiger partial charge in [-0.15, -0.1) is 0 Å². The third-order valence-electron chi connectivity index (χ3n) is 7.10. The lowest BCUT2D eigenvalue weighted by atomic mass is 9.67. The summed E-state index contributed by atoms with van der Waals surface area (Å²) in [6.07, 6.45) is 7.24. The molecule has 10 heteroatoms. The van der Waals surface area contributed by atoms with Gasteiger partial charge in [0.2, 0.25) is 0 Å². The van der Waals surface area contributed by atoms with Crippen LogP contribution in [0.1, 0.15) is 54.8 Å². The maximum atomic E-state index is 12.6. The molecule has 1 saturated carbocycles. The zero-order valence-corrected chi connectivity index (χ0v) is 20.6. The molecular weight excluding hydrogens is 478 g/mol. The summed E-state index contributed by atoms with van der Waals surface area (Å²) >= 11 is 6.06. The van der Waals surface area contributed by atoms with Crippen LogP contribution >= 0.6 is 11.6 Å². The van der Waals surface area contributed by atoms with Gasteiger partial charge >= 0.3 is 0 Å². The number of carbonyl (C=O) groups excluding carboxylic acids is 1. The van der Waals surface area contributed by atoms with E-state index >= 15 is 0 Å². The number of piperidine rings is 1. The van der Waals surface area contributed by atoms with Gasteiger partial charge in [0.05, 0.1) is 0 Å². The molecule has 0 bridgehead atoms. The molecule has 1 amide bonds.